The number of quaternary nitrogens is 1. The second kappa shape index (κ2) is 8.26. The highest BCUT2D eigenvalue weighted by molar-refractivity contribution is 5.84. The second-order valence-electron chi connectivity index (χ2n) is 6.57. The van der Waals surface area contributed by atoms with E-state index in [1.54, 1.807) is 46.2 Å². The average Bonchev–Trinajstić information content (AvgIpc) is 2.34. The predicted octanol–water partition coefficient (Wildman–Crippen LogP) is 0.0866. The van der Waals surface area contributed by atoms with Gasteiger partial charge in [-0.25, -0.2) is 4.79 Å². The highest BCUT2D eigenvalue weighted by Crippen LogP contribution is 2.32. The molecule has 2 unspecified atom stereocenters. The van der Waals surface area contributed by atoms with Crippen LogP contribution in [0.5, 0.6) is 0 Å². The molecule has 0 saturated heterocycles. The van der Waals surface area contributed by atoms with Crippen molar-refractivity contribution >= 4 is 11.9 Å². The summed E-state index contributed by atoms with van der Waals surface area (Å²) in [5.41, 5.74) is -1.44. The summed E-state index contributed by atoms with van der Waals surface area (Å²) < 4.78 is 0.0267. The molecule has 0 amide bonds. The Hall–Kier alpha value is -1.44. The predicted molar refractivity (Wildman–Crippen MR) is 85.8 cm³/mol. The molecule has 0 radical (unpaired) electrons. The molecule has 22 heavy (non-hydrogen) atoms. The first-order chi connectivity index (χ1) is 10.0. The zero-order valence-corrected chi connectivity index (χ0v) is 14.3. The van der Waals surface area contributed by atoms with Crippen LogP contribution >= 0.6 is 0 Å². The van der Waals surface area contributed by atoms with Gasteiger partial charge in [-0.1, -0.05) is 6.08 Å². The molecule has 7 heteroatoms. The van der Waals surface area contributed by atoms with Gasteiger partial charge in [0, 0.05) is 6.54 Å². The number of hydrogen-bond acceptors (Lipinski definition) is 4. The Balaban J connectivity index is 5.68. The highest BCUT2D eigenvalue weighted by Gasteiger charge is 2.58. The minimum Gasteiger partial charge on any atom is -0.481 e. The molecule has 7 nitrogen and oxygen atoms in total. The minimum absolute atomic E-state index is 0.0267. The van der Waals surface area contributed by atoms with Crippen molar-refractivity contribution in [2.45, 2.75) is 24.4 Å². The first-order valence-corrected chi connectivity index (χ1v) is 7.25. The van der Waals surface area contributed by atoms with Crippen molar-refractivity contribution in [1.82, 2.24) is 10.2 Å². The Morgan fingerprint density at radius 1 is 1.32 bits per heavy atom. The molecule has 0 heterocycles. The summed E-state index contributed by atoms with van der Waals surface area (Å²) in [4.78, 5) is 25.2. The lowest BCUT2D eigenvalue weighted by Gasteiger charge is -2.48. The van der Waals surface area contributed by atoms with Crippen molar-refractivity contribution in [2.75, 3.05) is 48.3 Å². The summed E-state index contributed by atoms with van der Waals surface area (Å²) >= 11 is 0. The zero-order chi connectivity index (χ0) is 17.6. The Labute approximate surface area is 132 Å². The Kier molecular flexibility index (Phi) is 7.72. The van der Waals surface area contributed by atoms with Crippen LogP contribution in [0, 0.1) is 0 Å². The van der Waals surface area contributed by atoms with Gasteiger partial charge in [0.2, 0.25) is 5.54 Å². The van der Waals surface area contributed by atoms with Crippen LogP contribution in [0.3, 0.4) is 0 Å². The number of likely N-dealkylation sites (N-methyl/N-ethyl adjacent to an activating group) is 2. The van der Waals surface area contributed by atoms with E-state index in [4.69, 9.17) is 0 Å². The SMILES string of the molecule is C=CCNCCC(N(C)C)C(CC(=O)O)(C(=O)O)[N+](C)(C)C. The maximum Gasteiger partial charge on any atom is 0.368 e. The highest BCUT2D eigenvalue weighted by atomic mass is 16.4. The van der Waals surface area contributed by atoms with Gasteiger partial charge in [-0.2, -0.15) is 0 Å². The van der Waals surface area contributed by atoms with E-state index in [0.717, 1.165) is 0 Å². The van der Waals surface area contributed by atoms with E-state index in [1.807, 2.05) is 0 Å². The molecule has 0 aliphatic carbocycles. The van der Waals surface area contributed by atoms with Crippen molar-refractivity contribution in [3.63, 3.8) is 0 Å². The fourth-order valence-corrected chi connectivity index (χ4v) is 2.90. The average molecular weight is 316 g/mol. The topological polar surface area (TPSA) is 89.9 Å². The van der Waals surface area contributed by atoms with Crippen LogP contribution in [0.15, 0.2) is 12.7 Å². The van der Waals surface area contributed by atoms with Crippen LogP contribution < -0.4 is 5.32 Å². The fourth-order valence-electron chi connectivity index (χ4n) is 2.90. The maximum absolute atomic E-state index is 12.1. The lowest BCUT2D eigenvalue weighted by atomic mass is 9.80. The van der Waals surface area contributed by atoms with Gasteiger partial charge in [0.25, 0.3) is 0 Å². The maximum atomic E-state index is 12.1. The molecule has 0 aromatic rings. The smallest absolute Gasteiger partial charge is 0.368 e. The summed E-state index contributed by atoms with van der Waals surface area (Å²) in [5.74, 6) is -2.20. The van der Waals surface area contributed by atoms with Crippen LogP contribution in [0.4, 0.5) is 0 Å². The van der Waals surface area contributed by atoms with Gasteiger partial charge in [-0.15, -0.1) is 6.58 Å². The van der Waals surface area contributed by atoms with Crippen LogP contribution in [-0.2, 0) is 9.59 Å². The first kappa shape index (κ1) is 20.6. The third-order valence-electron chi connectivity index (χ3n) is 4.05. The summed E-state index contributed by atoms with van der Waals surface area (Å²) in [6.45, 7) is 4.84. The molecule has 0 saturated carbocycles. The summed E-state index contributed by atoms with van der Waals surface area (Å²) in [6.07, 6.45) is 1.82. The molecular weight excluding hydrogens is 286 g/mol. The molecule has 0 aliphatic heterocycles. The van der Waals surface area contributed by atoms with E-state index in [1.165, 1.54) is 0 Å². The van der Waals surface area contributed by atoms with Gasteiger partial charge >= 0.3 is 11.9 Å². The summed E-state index contributed by atoms with van der Waals surface area (Å²) in [7, 11) is 8.75. The van der Waals surface area contributed by atoms with Crippen molar-refractivity contribution in [3.8, 4) is 0 Å². The minimum atomic E-state index is -1.44. The molecule has 0 spiro atoms. The quantitative estimate of drug-likeness (QED) is 0.284. The normalized spacial score (nSPS) is 16.1. The van der Waals surface area contributed by atoms with Gasteiger partial charge in [-0.05, 0) is 27.1 Å². The van der Waals surface area contributed by atoms with E-state index in [0.29, 0.717) is 19.5 Å². The molecule has 0 rings (SSSR count). The standard InChI is InChI=1S/C15H29N3O4/c1-7-9-16-10-8-12(17(2)3)15(14(21)22,11-13(19)20)18(4,5)6/h7,12,16H,1,8-11H2,2-6H3,(H-,19,20,21,22)/p+1. The number of carboxylic acid groups (broad SMARTS) is 2. The molecule has 0 aromatic carbocycles. The number of aliphatic carboxylic acids is 2. The first-order valence-electron chi connectivity index (χ1n) is 7.25. The van der Waals surface area contributed by atoms with E-state index < -0.39 is 29.9 Å². The van der Waals surface area contributed by atoms with Crippen LogP contribution in [0.1, 0.15) is 12.8 Å². The molecular formula is C15H30N3O4+. The zero-order valence-electron chi connectivity index (χ0n) is 14.3. The van der Waals surface area contributed by atoms with Gasteiger partial charge < -0.3 is 24.9 Å². The fraction of sp³-hybridized carbons (Fsp3) is 0.733. The third-order valence-corrected chi connectivity index (χ3v) is 4.05. The Bertz CT molecular complexity index is 404. The van der Waals surface area contributed by atoms with Gasteiger partial charge in [0.15, 0.2) is 0 Å². The molecule has 2 atom stereocenters. The molecule has 128 valence electrons. The van der Waals surface area contributed by atoms with E-state index >= 15 is 0 Å². The third kappa shape index (κ3) is 4.79. The molecule has 0 fully saturated rings. The monoisotopic (exact) mass is 316 g/mol. The lowest BCUT2D eigenvalue weighted by Crippen LogP contribution is -2.71. The largest absolute Gasteiger partial charge is 0.481 e. The number of carbonyl (C=O) groups is 2. The second-order valence-corrected chi connectivity index (χ2v) is 6.57. The van der Waals surface area contributed by atoms with Crippen molar-refractivity contribution in [1.29, 1.82) is 0 Å². The number of carboxylic acids is 2. The van der Waals surface area contributed by atoms with Gasteiger partial charge in [-0.3, -0.25) is 4.79 Å². The Morgan fingerprint density at radius 3 is 2.18 bits per heavy atom. The van der Waals surface area contributed by atoms with Crippen LogP contribution in [0.25, 0.3) is 0 Å². The van der Waals surface area contributed by atoms with Crippen LogP contribution in [0.2, 0.25) is 0 Å². The van der Waals surface area contributed by atoms with E-state index in [-0.39, 0.29) is 4.48 Å². The Morgan fingerprint density at radius 2 is 1.86 bits per heavy atom. The molecule has 0 aromatic heterocycles. The summed E-state index contributed by atoms with van der Waals surface area (Å²) in [6, 6.07) is -0.432. The van der Waals surface area contributed by atoms with Gasteiger partial charge in [0.05, 0.1) is 27.2 Å². The number of hydrogen-bond donors (Lipinski definition) is 3. The molecule has 0 aliphatic rings. The number of nitrogens with one attached hydrogen (secondary N) is 1. The van der Waals surface area contributed by atoms with E-state index in [9.17, 15) is 19.8 Å². The number of rotatable bonds is 11. The lowest BCUT2D eigenvalue weighted by molar-refractivity contribution is -0.916. The molecule has 0 bridgehead atoms. The molecule has 3 N–H and O–H groups in total. The van der Waals surface area contributed by atoms with Crippen molar-refractivity contribution in [2.24, 2.45) is 0 Å². The van der Waals surface area contributed by atoms with E-state index in [2.05, 4.69) is 11.9 Å². The van der Waals surface area contributed by atoms with Crippen molar-refractivity contribution < 1.29 is 24.3 Å². The summed E-state index contributed by atoms with van der Waals surface area (Å²) in [5, 5.41) is 22.3. The van der Waals surface area contributed by atoms with Gasteiger partial charge in [0.1, 0.15) is 6.42 Å². The van der Waals surface area contributed by atoms with Crippen LogP contribution in [-0.4, -0.2) is 91.4 Å². The number of nitrogens with zero attached hydrogens (tertiary/aromatic N) is 2. The van der Waals surface area contributed by atoms with Crippen molar-refractivity contribution in [3.05, 3.63) is 12.7 Å².